The number of halogens is 1. The number of hydrogen-bond acceptors (Lipinski definition) is 5. The first-order chi connectivity index (χ1) is 11.0. The molecule has 0 aliphatic rings. The summed E-state index contributed by atoms with van der Waals surface area (Å²) in [7, 11) is 1.49. The summed E-state index contributed by atoms with van der Waals surface area (Å²) >= 11 is 1.18. The largest absolute Gasteiger partial charge is 0.394 e. The van der Waals surface area contributed by atoms with Crippen molar-refractivity contribution in [2.75, 3.05) is 13.7 Å². The molecule has 1 aromatic carbocycles. The van der Waals surface area contributed by atoms with E-state index in [1.165, 1.54) is 24.5 Å². The number of amides is 1. The summed E-state index contributed by atoms with van der Waals surface area (Å²) in [6, 6.07) is 4.71. The van der Waals surface area contributed by atoms with Crippen molar-refractivity contribution in [2.45, 2.75) is 26.6 Å². The molecule has 23 heavy (non-hydrogen) atoms. The molecular formula is C16H20FNO4S. The third kappa shape index (κ3) is 3.87. The molecule has 1 amide bonds. The average molecular weight is 341 g/mol. The van der Waals surface area contributed by atoms with Crippen molar-refractivity contribution < 1.29 is 23.9 Å². The number of ether oxygens (including phenoxy) is 1. The van der Waals surface area contributed by atoms with Crippen molar-refractivity contribution in [3.8, 4) is 0 Å². The van der Waals surface area contributed by atoms with Crippen LogP contribution in [-0.2, 0) is 16.2 Å². The van der Waals surface area contributed by atoms with Gasteiger partial charge in [-0.3, -0.25) is 9.63 Å². The number of hydroxylamine groups is 1. The van der Waals surface area contributed by atoms with Gasteiger partial charge in [0, 0.05) is 22.8 Å². The molecule has 0 bridgehead atoms. The predicted molar refractivity (Wildman–Crippen MR) is 86.8 cm³/mol. The van der Waals surface area contributed by atoms with Gasteiger partial charge in [-0.05, 0) is 18.1 Å². The molecule has 0 unspecified atom stereocenters. The maximum absolute atomic E-state index is 14.1. The first-order valence-electron chi connectivity index (χ1n) is 7.25. The summed E-state index contributed by atoms with van der Waals surface area (Å²) in [5.74, 6) is -0.823. The lowest BCUT2D eigenvalue weighted by molar-refractivity contribution is -0.0601. The van der Waals surface area contributed by atoms with E-state index in [-0.39, 0.29) is 24.9 Å². The number of carbonyl (C=O) groups is 1. The fourth-order valence-corrected chi connectivity index (χ4v) is 3.30. The second kappa shape index (κ2) is 7.83. The normalized spacial score (nSPS) is 12.8. The minimum atomic E-state index is -0.504. The number of nitrogens with one attached hydrogen (secondary N) is 1. The van der Waals surface area contributed by atoms with E-state index >= 15 is 0 Å². The Bertz CT molecular complexity index is 686. The summed E-state index contributed by atoms with van der Waals surface area (Å²) in [4.78, 5) is 18.0. The summed E-state index contributed by atoms with van der Waals surface area (Å²) in [6.07, 6.45) is -0.504. The van der Waals surface area contributed by atoms with E-state index in [2.05, 4.69) is 5.48 Å². The van der Waals surface area contributed by atoms with Crippen LogP contribution in [0.2, 0.25) is 0 Å². The van der Waals surface area contributed by atoms with Gasteiger partial charge in [0.15, 0.2) is 0 Å². The molecule has 1 atom stereocenters. The fraction of sp³-hybridized carbons (Fsp3) is 0.438. The molecule has 0 fully saturated rings. The van der Waals surface area contributed by atoms with Crippen LogP contribution in [-0.4, -0.2) is 30.8 Å². The van der Waals surface area contributed by atoms with Gasteiger partial charge < -0.3 is 9.84 Å². The predicted octanol–water partition coefficient (Wildman–Crippen LogP) is 2.87. The SMILES string of the molecule is COCc1c(C(=O)NO[C@@H](CO)C(C)C)sc2cccc(F)c12. The van der Waals surface area contributed by atoms with Crippen LogP contribution in [0.15, 0.2) is 18.2 Å². The molecule has 1 aromatic heterocycles. The highest BCUT2D eigenvalue weighted by atomic mass is 32.1. The van der Waals surface area contributed by atoms with Gasteiger partial charge >= 0.3 is 0 Å². The lowest BCUT2D eigenvalue weighted by Crippen LogP contribution is -2.34. The van der Waals surface area contributed by atoms with E-state index in [4.69, 9.17) is 9.57 Å². The molecule has 0 aliphatic carbocycles. The van der Waals surface area contributed by atoms with E-state index in [0.717, 1.165) is 0 Å². The number of hydrogen-bond donors (Lipinski definition) is 2. The lowest BCUT2D eigenvalue weighted by atomic mass is 10.1. The molecule has 5 nitrogen and oxygen atoms in total. The molecule has 0 aliphatic heterocycles. The standard InChI is InChI=1S/C16H20FNO4S/c1-9(2)12(7-19)22-18-16(20)15-10(8-21-3)14-11(17)5-4-6-13(14)23-15/h4-6,9,12,19H,7-8H2,1-3H3,(H,18,20)/t12-/m0/s1. The van der Waals surface area contributed by atoms with Gasteiger partial charge in [0.1, 0.15) is 16.8 Å². The second-order valence-corrected chi connectivity index (χ2v) is 6.52. The highest BCUT2D eigenvalue weighted by Gasteiger charge is 2.22. The number of aliphatic hydroxyl groups excluding tert-OH is 1. The van der Waals surface area contributed by atoms with Gasteiger partial charge in [-0.15, -0.1) is 11.3 Å². The molecule has 7 heteroatoms. The minimum absolute atomic E-state index is 0.0404. The number of fused-ring (bicyclic) bond motifs is 1. The van der Waals surface area contributed by atoms with Crippen molar-refractivity contribution in [1.82, 2.24) is 5.48 Å². The lowest BCUT2D eigenvalue weighted by Gasteiger charge is -2.18. The maximum Gasteiger partial charge on any atom is 0.285 e. The Hall–Kier alpha value is -1.54. The van der Waals surface area contributed by atoms with Crippen molar-refractivity contribution >= 4 is 27.3 Å². The quantitative estimate of drug-likeness (QED) is 0.760. The number of benzene rings is 1. The van der Waals surface area contributed by atoms with Crippen LogP contribution in [0.4, 0.5) is 4.39 Å². The van der Waals surface area contributed by atoms with Crippen molar-refractivity contribution in [3.63, 3.8) is 0 Å². The fourth-order valence-electron chi connectivity index (χ4n) is 2.19. The highest BCUT2D eigenvalue weighted by molar-refractivity contribution is 7.21. The zero-order valence-electron chi connectivity index (χ0n) is 13.3. The van der Waals surface area contributed by atoms with E-state index in [1.54, 1.807) is 12.1 Å². The molecule has 0 radical (unpaired) electrons. The Labute approximate surface area is 138 Å². The molecule has 126 valence electrons. The number of carbonyl (C=O) groups excluding carboxylic acids is 1. The number of rotatable bonds is 7. The van der Waals surface area contributed by atoms with Gasteiger partial charge in [0.25, 0.3) is 5.91 Å². The molecule has 0 spiro atoms. The number of aliphatic hydroxyl groups is 1. The molecule has 2 N–H and O–H groups in total. The maximum atomic E-state index is 14.1. The molecule has 0 saturated heterocycles. The van der Waals surface area contributed by atoms with Crippen molar-refractivity contribution in [2.24, 2.45) is 5.92 Å². The summed E-state index contributed by atoms with van der Waals surface area (Å²) < 4.78 is 19.9. The monoisotopic (exact) mass is 341 g/mol. The van der Waals surface area contributed by atoms with Gasteiger partial charge in [0.2, 0.25) is 0 Å². The average Bonchev–Trinajstić information content (AvgIpc) is 2.88. The molecule has 1 heterocycles. The summed E-state index contributed by atoms with van der Waals surface area (Å²) in [5, 5.41) is 9.62. The highest BCUT2D eigenvalue weighted by Crippen LogP contribution is 2.33. The van der Waals surface area contributed by atoms with Gasteiger partial charge in [-0.2, -0.15) is 0 Å². The molecule has 2 aromatic rings. The van der Waals surface area contributed by atoms with Crippen molar-refractivity contribution in [1.29, 1.82) is 0 Å². The Kier molecular flexibility index (Phi) is 6.06. The molecule has 2 rings (SSSR count). The minimum Gasteiger partial charge on any atom is -0.394 e. The first-order valence-corrected chi connectivity index (χ1v) is 8.06. The van der Waals surface area contributed by atoms with Crippen LogP contribution in [0.1, 0.15) is 29.1 Å². The molecular weight excluding hydrogens is 321 g/mol. The summed E-state index contributed by atoms with van der Waals surface area (Å²) in [5.41, 5.74) is 2.84. The van der Waals surface area contributed by atoms with E-state index in [9.17, 15) is 14.3 Å². The Morgan fingerprint density at radius 2 is 2.17 bits per heavy atom. The second-order valence-electron chi connectivity index (χ2n) is 5.47. The summed E-state index contributed by atoms with van der Waals surface area (Å²) in [6.45, 7) is 3.66. The Morgan fingerprint density at radius 3 is 2.78 bits per heavy atom. The van der Waals surface area contributed by atoms with Crippen LogP contribution in [0, 0.1) is 11.7 Å². The van der Waals surface area contributed by atoms with Gasteiger partial charge in [-0.25, -0.2) is 9.87 Å². The van der Waals surface area contributed by atoms with E-state index < -0.39 is 12.0 Å². The van der Waals surface area contributed by atoms with Crippen molar-refractivity contribution in [3.05, 3.63) is 34.5 Å². The van der Waals surface area contributed by atoms with E-state index in [0.29, 0.717) is 20.5 Å². The number of thiophene rings is 1. The van der Waals surface area contributed by atoms with Crippen LogP contribution >= 0.6 is 11.3 Å². The van der Waals surface area contributed by atoms with Crippen LogP contribution in [0.25, 0.3) is 10.1 Å². The van der Waals surface area contributed by atoms with E-state index in [1.807, 2.05) is 13.8 Å². The Balaban J connectivity index is 2.29. The topological polar surface area (TPSA) is 67.8 Å². The van der Waals surface area contributed by atoms with Crippen LogP contribution < -0.4 is 5.48 Å². The van der Waals surface area contributed by atoms with Gasteiger partial charge in [-0.1, -0.05) is 19.9 Å². The Morgan fingerprint density at radius 1 is 1.43 bits per heavy atom. The van der Waals surface area contributed by atoms with Gasteiger partial charge in [0.05, 0.1) is 13.2 Å². The third-order valence-corrected chi connectivity index (χ3v) is 4.68. The van der Waals surface area contributed by atoms with Crippen LogP contribution in [0.3, 0.4) is 0 Å². The smallest absolute Gasteiger partial charge is 0.285 e. The number of methoxy groups -OCH3 is 1. The van der Waals surface area contributed by atoms with Crippen LogP contribution in [0.5, 0.6) is 0 Å². The third-order valence-electron chi connectivity index (χ3n) is 3.48. The zero-order chi connectivity index (χ0) is 17.0. The zero-order valence-corrected chi connectivity index (χ0v) is 14.1. The molecule has 0 saturated carbocycles. The first kappa shape index (κ1) is 17.8.